The lowest BCUT2D eigenvalue weighted by Gasteiger charge is -2.25. The van der Waals surface area contributed by atoms with Crippen LogP contribution in [0.3, 0.4) is 0 Å². The summed E-state index contributed by atoms with van der Waals surface area (Å²) in [6.45, 7) is 1.24. The van der Waals surface area contributed by atoms with Gasteiger partial charge < -0.3 is 36.6 Å². The summed E-state index contributed by atoms with van der Waals surface area (Å²) < 4.78 is 0. The Hall–Kier alpha value is -1.89. The fraction of sp³-hybridized carbons (Fsp3) is 0.765. The SMILES string of the molecule is CSCCC(NC(=O)C(NC(=O)C(CO)NC(=O)C1CCCN1)C(C)O)C(=O)O. The van der Waals surface area contributed by atoms with E-state index in [0.29, 0.717) is 18.7 Å². The molecule has 0 spiro atoms. The predicted molar refractivity (Wildman–Crippen MR) is 106 cm³/mol. The van der Waals surface area contributed by atoms with Crippen LogP contribution in [0.15, 0.2) is 0 Å². The van der Waals surface area contributed by atoms with Crippen LogP contribution in [0, 0.1) is 0 Å². The third kappa shape index (κ3) is 8.17. The number of aliphatic hydroxyl groups excluding tert-OH is 2. The molecule has 1 aliphatic heterocycles. The van der Waals surface area contributed by atoms with Crippen LogP contribution in [-0.2, 0) is 19.2 Å². The van der Waals surface area contributed by atoms with Crippen LogP contribution < -0.4 is 21.3 Å². The number of nitrogens with one attached hydrogen (secondary N) is 4. The largest absolute Gasteiger partial charge is 0.480 e. The van der Waals surface area contributed by atoms with E-state index in [-0.39, 0.29) is 6.42 Å². The Bertz CT molecular complexity index is 584. The summed E-state index contributed by atoms with van der Waals surface area (Å²) in [4.78, 5) is 48.3. The number of aliphatic hydroxyl groups is 2. The van der Waals surface area contributed by atoms with Gasteiger partial charge in [-0.3, -0.25) is 14.4 Å². The van der Waals surface area contributed by atoms with Crippen molar-refractivity contribution in [1.82, 2.24) is 21.3 Å². The predicted octanol–water partition coefficient (Wildman–Crippen LogP) is -2.60. The van der Waals surface area contributed by atoms with Crippen molar-refractivity contribution < 1.29 is 34.5 Å². The molecule has 0 bridgehead atoms. The van der Waals surface area contributed by atoms with E-state index in [9.17, 15) is 34.5 Å². The number of amides is 3. The molecule has 0 radical (unpaired) electrons. The second-order valence-electron chi connectivity index (χ2n) is 6.80. The van der Waals surface area contributed by atoms with Gasteiger partial charge >= 0.3 is 5.97 Å². The van der Waals surface area contributed by atoms with E-state index in [1.165, 1.54) is 18.7 Å². The van der Waals surface area contributed by atoms with Gasteiger partial charge in [-0.05, 0) is 44.7 Å². The van der Waals surface area contributed by atoms with E-state index in [4.69, 9.17) is 0 Å². The molecular weight excluding hydrogens is 404 g/mol. The summed E-state index contributed by atoms with van der Waals surface area (Å²) in [6, 6.07) is -4.39. The maximum absolute atomic E-state index is 12.4. The first-order chi connectivity index (χ1) is 13.7. The van der Waals surface area contributed by atoms with Crippen LogP contribution >= 0.6 is 11.8 Å². The first-order valence-corrected chi connectivity index (χ1v) is 10.8. The van der Waals surface area contributed by atoms with Crippen molar-refractivity contribution in [2.75, 3.05) is 25.2 Å². The molecule has 11 nitrogen and oxygen atoms in total. The van der Waals surface area contributed by atoms with Crippen molar-refractivity contribution >= 4 is 35.5 Å². The van der Waals surface area contributed by atoms with Gasteiger partial charge in [0, 0.05) is 0 Å². The maximum Gasteiger partial charge on any atom is 0.326 e. The minimum absolute atomic E-state index is 0.173. The molecule has 0 aromatic rings. The van der Waals surface area contributed by atoms with Crippen molar-refractivity contribution in [3.63, 3.8) is 0 Å². The monoisotopic (exact) mass is 434 g/mol. The van der Waals surface area contributed by atoms with Crippen molar-refractivity contribution in [3.8, 4) is 0 Å². The van der Waals surface area contributed by atoms with Gasteiger partial charge in [0.25, 0.3) is 0 Å². The van der Waals surface area contributed by atoms with Gasteiger partial charge in [0.1, 0.15) is 18.1 Å². The van der Waals surface area contributed by atoms with Crippen molar-refractivity contribution in [3.05, 3.63) is 0 Å². The Kier molecular flexibility index (Phi) is 10.9. The van der Waals surface area contributed by atoms with E-state index < -0.39 is 60.6 Å². The lowest BCUT2D eigenvalue weighted by Crippen LogP contribution is -2.60. The van der Waals surface area contributed by atoms with E-state index in [1.807, 2.05) is 0 Å². The average Bonchev–Trinajstić information content (AvgIpc) is 3.21. The highest BCUT2D eigenvalue weighted by atomic mass is 32.2. The Morgan fingerprint density at radius 1 is 1.14 bits per heavy atom. The molecule has 0 aliphatic carbocycles. The van der Waals surface area contributed by atoms with E-state index in [2.05, 4.69) is 21.3 Å². The van der Waals surface area contributed by atoms with Gasteiger partial charge in [0.2, 0.25) is 17.7 Å². The van der Waals surface area contributed by atoms with Gasteiger partial charge in [-0.15, -0.1) is 0 Å². The average molecular weight is 435 g/mol. The van der Waals surface area contributed by atoms with Crippen molar-refractivity contribution in [2.45, 2.75) is 56.5 Å². The Morgan fingerprint density at radius 3 is 2.31 bits per heavy atom. The van der Waals surface area contributed by atoms with Crippen LogP contribution in [0.4, 0.5) is 0 Å². The number of carboxylic acids is 1. The first-order valence-electron chi connectivity index (χ1n) is 9.36. The highest BCUT2D eigenvalue weighted by Gasteiger charge is 2.33. The molecule has 1 rings (SSSR count). The molecule has 12 heteroatoms. The molecule has 1 heterocycles. The summed E-state index contributed by atoms with van der Waals surface area (Å²) in [5.41, 5.74) is 0. The zero-order valence-electron chi connectivity index (χ0n) is 16.5. The second-order valence-corrected chi connectivity index (χ2v) is 7.79. The quantitative estimate of drug-likeness (QED) is 0.174. The molecule has 0 aromatic heterocycles. The molecule has 5 atom stereocenters. The molecule has 166 valence electrons. The van der Waals surface area contributed by atoms with Crippen LogP contribution in [0.1, 0.15) is 26.2 Å². The van der Waals surface area contributed by atoms with E-state index >= 15 is 0 Å². The van der Waals surface area contributed by atoms with Crippen LogP contribution in [0.25, 0.3) is 0 Å². The summed E-state index contributed by atoms with van der Waals surface area (Å²) in [5, 5.41) is 38.5. The molecule has 1 fully saturated rings. The number of hydrogen-bond donors (Lipinski definition) is 7. The molecule has 5 unspecified atom stereocenters. The summed E-state index contributed by atoms with van der Waals surface area (Å²) in [5.74, 6) is -2.92. The maximum atomic E-state index is 12.4. The van der Waals surface area contributed by atoms with Crippen molar-refractivity contribution in [1.29, 1.82) is 0 Å². The molecule has 0 saturated carbocycles. The molecule has 1 aliphatic rings. The summed E-state index contributed by atoms with van der Waals surface area (Å²) in [7, 11) is 0. The zero-order valence-corrected chi connectivity index (χ0v) is 17.3. The molecule has 7 N–H and O–H groups in total. The third-order valence-corrected chi connectivity index (χ3v) is 5.12. The lowest BCUT2D eigenvalue weighted by molar-refractivity contribution is -0.143. The minimum atomic E-state index is -1.45. The normalized spacial score (nSPS) is 20.2. The molecule has 1 saturated heterocycles. The first kappa shape index (κ1) is 25.1. The molecule has 3 amide bonds. The van der Waals surface area contributed by atoms with Crippen LogP contribution in [0.2, 0.25) is 0 Å². The second kappa shape index (κ2) is 12.6. The van der Waals surface area contributed by atoms with Crippen LogP contribution in [0.5, 0.6) is 0 Å². The Labute approximate surface area is 173 Å². The summed E-state index contributed by atoms with van der Waals surface area (Å²) >= 11 is 1.42. The molecule has 29 heavy (non-hydrogen) atoms. The highest BCUT2D eigenvalue weighted by Crippen LogP contribution is 2.06. The number of carbonyl (C=O) groups is 4. The number of hydrogen-bond acceptors (Lipinski definition) is 8. The van der Waals surface area contributed by atoms with E-state index in [0.717, 1.165) is 6.42 Å². The number of carboxylic acid groups (broad SMARTS) is 1. The molecular formula is C17H30N4O7S. The van der Waals surface area contributed by atoms with Gasteiger partial charge in [0.15, 0.2) is 0 Å². The fourth-order valence-electron chi connectivity index (χ4n) is 2.79. The summed E-state index contributed by atoms with van der Waals surface area (Å²) in [6.07, 6.45) is 2.06. The van der Waals surface area contributed by atoms with Gasteiger partial charge in [-0.1, -0.05) is 0 Å². The van der Waals surface area contributed by atoms with Gasteiger partial charge in [-0.25, -0.2) is 4.79 Å². The van der Waals surface area contributed by atoms with Crippen molar-refractivity contribution in [2.24, 2.45) is 0 Å². The van der Waals surface area contributed by atoms with Crippen LogP contribution in [-0.4, -0.2) is 94.4 Å². The highest BCUT2D eigenvalue weighted by molar-refractivity contribution is 7.98. The number of rotatable bonds is 12. The van der Waals surface area contributed by atoms with Gasteiger partial charge in [-0.2, -0.15) is 11.8 Å². The van der Waals surface area contributed by atoms with E-state index in [1.54, 1.807) is 6.26 Å². The minimum Gasteiger partial charge on any atom is -0.480 e. The topological polar surface area (TPSA) is 177 Å². The number of carbonyl (C=O) groups excluding carboxylic acids is 3. The fourth-order valence-corrected chi connectivity index (χ4v) is 3.26. The zero-order chi connectivity index (χ0) is 22.0. The Morgan fingerprint density at radius 2 is 1.83 bits per heavy atom. The number of aliphatic carboxylic acids is 1. The standard InChI is InChI=1S/C17H30N4O7S/c1-9(23)13(16(26)19-11(17(27)28)5-7-29-2)21-15(25)12(8-22)20-14(24)10-4-3-6-18-10/h9-13,18,22-23H,3-8H2,1-2H3,(H,19,26)(H,20,24)(H,21,25)(H,27,28). The lowest BCUT2D eigenvalue weighted by atomic mass is 10.1. The van der Waals surface area contributed by atoms with Gasteiger partial charge in [0.05, 0.1) is 18.8 Å². The number of thioether (sulfide) groups is 1. The Balaban J connectivity index is 2.73. The third-order valence-electron chi connectivity index (χ3n) is 4.48. The smallest absolute Gasteiger partial charge is 0.326 e. The molecule has 0 aromatic carbocycles.